The molecule has 2 rings (SSSR count). The van der Waals surface area contributed by atoms with Crippen LogP contribution in [0.2, 0.25) is 0 Å². The van der Waals surface area contributed by atoms with Crippen LogP contribution in [0.1, 0.15) is 51.0 Å². The number of carboxylic acids is 1. The first-order valence-electron chi connectivity index (χ1n) is 7.86. The number of benzene rings is 1. The summed E-state index contributed by atoms with van der Waals surface area (Å²) in [7, 11) is 0. The van der Waals surface area contributed by atoms with Gasteiger partial charge in [-0.25, -0.2) is 4.79 Å². The van der Waals surface area contributed by atoms with Crippen molar-refractivity contribution in [1.29, 1.82) is 0 Å². The van der Waals surface area contributed by atoms with Gasteiger partial charge in [0.1, 0.15) is 0 Å². The van der Waals surface area contributed by atoms with E-state index < -0.39 is 5.97 Å². The second-order valence-corrected chi connectivity index (χ2v) is 6.23. The molecule has 0 spiro atoms. The maximum atomic E-state index is 12.1. The highest BCUT2D eigenvalue weighted by molar-refractivity contribution is 5.90. The van der Waals surface area contributed by atoms with Crippen LogP contribution in [0.15, 0.2) is 24.3 Å². The molecule has 0 aliphatic heterocycles. The maximum absolute atomic E-state index is 12.1. The van der Waals surface area contributed by atoms with Crippen molar-refractivity contribution in [2.24, 2.45) is 5.92 Å². The molecule has 22 heavy (non-hydrogen) atoms. The zero-order valence-corrected chi connectivity index (χ0v) is 13.1. The quantitative estimate of drug-likeness (QED) is 0.795. The number of amides is 2. The Hall–Kier alpha value is -2.04. The zero-order chi connectivity index (χ0) is 16.1. The highest BCUT2D eigenvalue weighted by Crippen LogP contribution is 2.25. The van der Waals surface area contributed by atoms with Gasteiger partial charge in [0.2, 0.25) is 0 Å². The first-order chi connectivity index (χ1) is 10.5. The molecule has 0 atom stereocenters. The zero-order valence-electron chi connectivity index (χ0n) is 13.1. The normalized spacial score (nSPS) is 21.4. The van der Waals surface area contributed by atoms with Crippen LogP contribution in [-0.2, 0) is 4.79 Å². The van der Waals surface area contributed by atoms with Crippen molar-refractivity contribution in [1.82, 2.24) is 5.32 Å². The summed E-state index contributed by atoms with van der Waals surface area (Å²) in [6.07, 6.45) is 2.69. The Balaban J connectivity index is 1.88. The molecule has 5 nitrogen and oxygen atoms in total. The Labute approximate surface area is 131 Å². The topological polar surface area (TPSA) is 78.4 Å². The van der Waals surface area contributed by atoms with Crippen molar-refractivity contribution in [3.05, 3.63) is 29.8 Å². The van der Waals surface area contributed by atoms with Gasteiger partial charge in [-0.15, -0.1) is 0 Å². The van der Waals surface area contributed by atoms with Gasteiger partial charge >= 0.3 is 12.0 Å². The highest BCUT2D eigenvalue weighted by atomic mass is 16.4. The summed E-state index contributed by atoms with van der Waals surface area (Å²) in [4.78, 5) is 23.1. The molecule has 1 fully saturated rings. The van der Waals surface area contributed by atoms with E-state index in [0.29, 0.717) is 18.8 Å². The fourth-order valence-corrected chi connectivity index (χ4v) is 2.94. The van der Waals surface area contributed by atoms with Gasteiger partial charge in [0.05, 0.1) is 5.92 Å². The standard InChI is InChI=1S/C17H24N2O3/c1-11(2)14-5-3-4-6-15(14)19-17(22)18-13-9-7-12(8-10-13)16(20)21/h3-6,11-13H,7-10H2,1-2H3,(H,20,21)(H2,18,19,22). The molecule has 3 N–H and O–H groups in total. The van der Waals surface area contributed by atoms with E-state index in [2.05, 4.69) is 24.5 Å². The van der Waals surface area contributed by atoms with Gasteiger partial charge in [-0.1, -0.05) is 32.0 Å². The summed E-state index contributed by atoms with van der Waals surface area (Å²) in [5.41, 5.74) is 1.93. The fraction of sp³-hybridized carbons (Fsp3) is 0.529. The van der Waals surface area contributed by atoms with E-state index in [1.165, 1.54) is 0 Å². The molecule has 1 aliphatic carbocycles. The molecule has 2 amide bonds. The molecule has 1 aliphatic rings. The Morgan fingerprint density at radius 3 is 2.36 bits per heavy atom. The van der Waals surface area contributed by atoms with E-state index in [0.717, 1.165) is 24.1 Å². The van der Waals surface area contributed by atoms with E-state index in [-0.39, 0.29) is 18.0 Å². The average Bonchev–Trinajstić information content (AvgIpc) is 2.48. The van der Waals surface area contributed by atoms with Crippen LogP contribution >= 0.6 is 0 Å². The van der Waals surface area contributed by atoms with Crippen molar-refractivity contribution >= 4 is 17.7 Å². The molecule has 120 valence electrons. The largest absolute Gasteiger partial charge is 0.481 e. The molecule has 1 aromatic carbocycles. The van der Waals surface area contributed by atoms with Crippen LogP contribution in [0.3, 0.4) is 0 Å². The molecule has 0 radical (unpaired) electrons. The van der Waals surface area contributed by atoms with Crippen molar-refractivity contribution in [2.75, 3.05) is 5.32 Å². The number of carboxylic acid groups (broad SMARTS) is 1. The number of anilines is 1. The van der Waals surface area contributed by atoms with Crippen LogP contribution in [0.25, 0.3) is 0 Å². The number of hydrogen-bond acceptors (Lipinski definition) is 2. The van der Waals surface area contributed by atoms with Gasteiger partial charge in [0.15, 0.2) is 0 Å². The van der Waals surface area contributed by atoms with Gasteiger partial charge in [-0.3, -0.25) is 4.79 Å². The molecule has 0 heterocycles. The van der Waals surface area contributed by atoms with Crippen LogP contribution in [0.5, 0.6) is 0 Å². The first kappa shape index (κ1) is 16.3. The predicted molar refractivity (Wildman–Crippen MR) is 86.1 cm³/mol. The molecule has 0 bridgehead atoms. The number of nitrogens with one attached hydrogen (secondary N) is 2. The maximum Gasteiger partial charge on any atom is 0.319 e. The number of carbonyl (C=O) groups is 2. The predicted octanol–water partition coefficient (Wildman–Crippen LogP) is 3.57. The lowest BCUT2D eigenvalue weighted by molar-refractivity contribution is -0.142. The van der Waals surface area contributed by atoms with Crippen molar-refractivity contribution in [3.8, 4) is 0 Å². The summed E-state index contributed by atoms with van der Waals surface area (Å²) in [6.45, 7) is 4.18. The summed E-state index contributed by atoms with van der Waals surface area (Å²) in [5.74, 6) is -0.654. The van der Waals surface area contributed by atoms with E-state index in [9.17, 15) is 9.59 Å². The lowest BCUT2D eigenvalue weighted by atomic mass is 9.86. The average molecular weight is 304 g/mol. The molecule has 1 saturated carbocycles. The van der Waals surface area contributed by atoms with Crippen molar-refractivity contribution < 1.29 is 14.7 Å². The second kappa shape index (κ2) is 7.29. The van der Waals surface area contributed by atoms with E-state index in [1.54, 1.807) is 0 Å². The summed E-state index contributed by atoms with van der Waals surface area (Å²) < 4.78 is 0. The number of para-hydroxylation sites is 1. The second-order valence-electron chi connectivity index (χ2n) is 6.23. The van der Waals surface area contributed by atoms with Crippen molar-refractivity contribution in [2.45, 2.75) is 51.5 Å². The third kappa shape index (κ3) is 4.23. The minimum atomic E-state index is -0.728. The van der Waals surface area contributed by atoms with Gasteiger partial charge in [-0.2, -0.15) is 0 Å². The fourth-order valence-electron chi connectivity index (χ4n) is 2.94. The number of urea groups is 1. The van der Waals surface area contributed by atoms with Crippen LogP contribution < -0.4 is 10.6 Å². The van der Waals surface area contributed by atoms with Gasteiger partial charge < -0.3 is 15.7 Å². The highest BCUT2D eigenvalue weighted by Gasteiger charge is 2.26. The summed E-state index contributed by atoms with van der Waals surface area (Å²) >= 11 is 0. The third-order valence-electron chi connectivity index (χ3n) is 4.24. The van der Waals surface area contributed by atoms with E-state index in [4.69, 9.17) is 5.11 Å². The minimum absolute atomic E-state index is 0.0572. The summed E-state index contributed by atoms with van der Waals surface area (Å²) in [6, 6.07) is 7.62. The molecular weight excluding hydrogens is 280 g/mol. The SMILES string of the molecule is CC(C)c1ccccc1NC(=O)NC1CCC(C(=O)O)CC1. The monoisotopic (exact) mass is 304 g/mol. The van der Waals surface area contributed by atoms with Crippen LogP contribution in [0.4, 0.5) is 10.5 Å². The number of rotatable bonds is 4. The van der Waals surface area contributed by atoms with Gasteiger partial charge in [-0.05, 0) is 43.2 Å². The molecule has 5 heteroatoms. The van der Waals surface area contributed by atoms with E-state index in [1.807, 2.05) is 24.3 Å². The Morgan fingerprint density at radius 2 is 1.77 bits per heavy atom. The number of hydrogen-bond donors (Lipinski definition) is 3. The first-order valence-corrected chi connectivity index (χ1v) is 7.86. The smallest absolute Gasteiger partial charge is 0.319 e. The molecule has 1 aromatic rings. The van der Waals surface area contributed by atoms with Crippen LogP contribution in [-0.4, -0.2) is 23.1 Å². The molecule has 0 aromatic heterocycles. The molecular formula is C17H24N2O3. The van der Waals surface area contributed by atoms with Crippen LogP contribution in [0, 0.1) is 5.92 Å². The van der Waals surface area contributed by atoms with Gasteiger partial charge in [0.25, 0.3) is 0 Å². The number of aliphatic carboxylic acids is 1. The number of carbonyl (C=O) groups excluding carboxylic acids is 1. The molecule has 0 unspecified atom stereocenters. The summed E-state index contributed by atoms with van der Waals surface area (Å²) in [5, 5.41) is 14.8. The Morgan fingerprint density at radius 1 is 1.14 bits per heavy atom. The lowest BCUT2D eigenvalue weighted by Crippen LogP contribution is -2.41. The third-order valence-corrected chi connectivity index (χ3v) is 4.24. The van der Waals surface area contributed by atoms with E-state index >= 15 is 0 Å². The van der Waals surface area contributed by atoms with Gasteiger partial charge in [0, 0.05) is 11.7 Å². The van der Waals surface area contributed by atoms with Crippen molar-refractivity contribution in [3.63, 3.8) is 0 Å². The lowest BCUT2D eigenvalue weighted by Gasteiger charge is -2.27. The Kier molecular flexibility index (Phi) is 5.41. The molecule has 0 saturated heterocycles. The Bertz CT molecular complexity index is 534. The minimum Gasteiger partial charge on any atom is -0.481 e.